The molecule has 0 amide bonds. The van der Waals surface area contributed by atoms with Gasteiger partial charge in [-0.2, -0.15) is 0 Å². The third-order valence-electron chi connectivity index (χ3n) is 13.8. The molecular formula is C53H80O7. The number of carbonyl (C=O) groups is 2. The number of carbonyl (C=O) groups excluding carboxylic acids is 2. The second-order valence-electron chi connectivity index (χ2n) is 18.5. The highest BCUT2D eigenvalue weighted by Crippen LogP contribution is 2.45. The maximum absolute atomic E-state index is 12.2. The number of benzene rings is 2. The Hall–Kier alpha value is -3.42. The van der Waals surface area contributed by atoms with E-state index in [-0.39, 0.29) is 26.4 Å². The van der Waals surface area contributed by atoms with Crippen molar-refractivity contribution < 1.29 is 34.0 Å². The molecule has 2 aliphatic carbocycles. The van der Waals surface area contributed by atoms with Gasteiger partial charge in [0.25, 0.3) is 0 Å². The van der Waals surface area contributed by atoms with Crippen molar-refractivity contribution in [1.29, 1.82) is 0 Å². The van der Waals surface area contributed by atoms with Crippen molar-refractivity contribution in [2.45, 2.75) is 169 Å². The zero-order valence-corrected chi connectivity index (χ0v) is 38.2. The number of aryl methyl sites for hydroxylation is 3. The molecule has 0 atom stereocenters. The maximum atomic E-state index is 12.2. The van der Waals surface area contributed by atoms with Gasteiger partial charge in [0.15, 0.2) is 0 Å². The van der Waals surface area contributed by atoms with Crippen molar-refractivity contribution in [2.24, 2.45) is 23.2 Å². The van der Waals surface area contributed by atoms with E-state index in [1.54, 1.807) is 13.8 Å². The number of esters is 2. The zero-order chi connectivity index (χ0) is 43.5. The van der Waals surface area contributed by atoms with Crippen molar-refractivity contribution in [3.63, 3.8) is 0 Å². The first-order valence-corrected chi connectivity index (χ1v) is 23.8. The highest BCUT2D eigenvalue weighted by molar-refractivity contribution is 5.87. The van der Waals surface area contributed by atoms with E-state index in [0.717, 1.165) is 53.0 Å². The van der Waals surface area contributed by atoms with E-state index in [0.29, 0.717) is 62.2 Å². The first-order chi connectivity index (χ1) is 29.0. The van der Waals surface area contributed by atoms with Crippen LogP contribution in [0.3, 0.4) is 0 Å². The molecule has 2 fully saturated rings. The summed E-state index contributed by atoms with van der Waals surface area (Å²) in [7, 11) is 0. The molecule has 0 bridgehead atoms. The van der Waals surface area contributed by atoms with Crippen molar-refractivity contribution in [2.75, 3.05) is 33.0 Å². The minimum atomic E-state index is -0.618. The van der Waals surface area contributed by atoms with Gasteiger partial charge >= 0.3 is 11.9 Å². The average Bonchev–Trinajstić information content (AvgIpc) is 3.26. The van der Waals surface area contributed by atoms with Crippen molar-refractivity contribution >= 4 is 11.9 Å². The Labute approximate surface area is 363 Å². The number of aliphatic hydroxyl groups excluding tert-OH is 2. The predicted octanol–water partition coefficient (Wildman–Crippen LogP) is 12.2. The van der Waals surface area contributed by atoms with Crippen LogP contribution in [0.15, 0.2) is 54.6 Å². The first kappa shape index (κ1) is 49.2. The van der Waals surface area contributed by atoms with Crippen LogP contribution >= 0.6 is 0 Å². The normalized spacial score (nSPS) is 19.4. The van der Waals surface area contributed by atoms with Gasteiger partial charge in [-0.1, -0.05) is 97.1 Å². The maximum Gasteiger partial charge on any atom is 0.333 e. The van der Waals surface area contributed by atoms with Crippen LogP contribution in [0.4, 0.5) is 0 Å². The third-order valence-corrected chi connectivity index (χ3v) is 13.8. The summed E-state index contributed by atoms with van der Waals surface area (Å²) in [5, 5.41) is 20.5. The van der Waals surface area contributed by atoms with Crippen LogP contribution in [0.5, 0.6) is 5.75 Å². The molecule has 0 aliphatic heterocycles. The fourth-order valence-electron chi connectivity index (χ4n) is 9.96. The van der Waals surface area contributed by atoms with E-state index in [1.807, 2.05) is 0 Å². The summed E-state index contributed by atoms with van der Waals surface area (Å²) in [5.74, 6) is 3.38. The van der Waals surface area contributed by atoms with Gasteiger partial charge in [-0.05, 0) is 167 Å². The second-order valence-corrected chi connectivity index (χ2v) is 18.5. The van der Waals surface area contributed by atoms with Crippen LogP contribution in [-0.2, 0) is 38.3 Å². The Morgan fingerprint density at radius 2 is 1.25 bits per heavy atom. The Morgan fingerprint density at radius 1 is 0.683 bits per heavy atom. The lowest BCUT2D eigenvalue weighted by Gasteiger charge is -2.38. The molecular weight excluding hydrogens is 749 g/mol. The molecule has 60 heavy (non-hydrogen) atoms. The number of hydrogen-bond donors (Lipinski definition) is 2. The minimum absolute atomic E-state index is 0.112. The van der Waals surface area contributed by atoms with E-state index >= 15 is 0 Å². The number of aliphatic hydroxyl groups is 2. The van der Waals surface area contributed by atoms with E-state index in [2.05, 4.69) is 64.3 Å². The summed E-state index contributed by atoms with van der Waals surface area (Å²) in [6, 6.07) is 11.6. The van der Waals surface area contributed by atoms with Crippen molar-refractivity contribution in [3.05, 3.63) is 76.9 Å². The smallest absolute Gasteiger partial charge is 0.333 e. The van der Waals surface area contributed by atoms with Gasteiger partial charge in [-0.25, -0.2) is 9.59 Å². The molecule has 334 valence electrons. The molecule has 2 saturated carbocycles. The van der Waals surface area contributed by atoms with Gasteiger partial charge in [0.1, 0.15) is 5.75 Å². The number of hydrogen-bond acceptors (Lipinski definition) is 7. The second kappa shape index (κ2) is 25.5. The number of rotatable bonds is 26. The molecule has 0 unspecified atom stereocenters. The van der Waals surface area contributed by atoms with Crippen molar-refractivity contribution in [1.82, 2.24) is 0 Å². The van der Waals surface area contributed by atoms with Crippen LogP contribution in [-0.4, -0.2) is 55.2 Å². The summed E-state index contributed by atoms with van der Waals surface area (Å²) in [5.41, 5.74) is 7.29. The summed E-state index contributed by atoms with van der Waals surface area (Å²) in [6.07, 6.45) is 22.0. The Bertz CT molecular complexity index is 1600. The highest BCUT2D eigenvalue weighted by Gasteiger charge is 2.32. The molecule has 0 aromatic heterocycles. The molecule has 0 radical (unpaired) electrons. The summed E-state index contributed by atoms with van der Waals surface area (Å²) < 4.78 is 17.6. The lowest BCUT2D eigenvalue weighted by atomic mass is 9.68. The molecule has 2 N–H and O–H groups in total. The Morgan fingerprint density at radius 3 is 1.75 bits per heavy atom. The van der Waals surface area contributed by atoms with Gasteiger partial charge in [-0.15, -0.1) is 0 Å². The molecule has 0 spiro atoms. The van der Waals surface area contributed by atoms with E-state index in [9.17, 15) is 19.8 Å². The van der Waals surface area contributed by atoms with Crippen LogP contribution < -0.4 is 4.74 Å². The van der Waals surface area contributed by atoms with Crippen LogP contribution in [0.25, 0.3) is 11.1 Å². The van der Waals surface area contributed by atoms with E-state index in [4.69, 9.17) is 14.2 Å². The van der Waals surface area contributed by atoms with Gasteiger partial charge in [0, 0.05) is 16.6 Å². The number of unbranched alkanes of at least 4 members (excludes halogenated alkanes) is 2. The Balaban J connectivity index is 1.58. The standard InChI is InChI=1S/C53H80O7/c1-8-11-12-15-40-18-20-42(21-19-40)43-22-24-44(25-23-43)45-26-27-49(41(10-3)33-45)48-34-46(16-13-30-59-51(56)38(4)5)50(58-32-29-53(36-54,37-55)28-9-2)47(35-48)17-14-31-60-52(57)39(6)7/h26-27,33-35,40,42-44,54-55H,4,6,8-25,28-32,36-37H2,1-3,5,7H3. The lowest BCUT2D eigenvalue weighted by Crippen LogP contribution is -2.31. The highest BCUT2D eigenvalue weighted by atomic mass is 16.5. The summed E-state index contributed by atoms with van der Waals surface area (Å²) >= 11 is 0. The zero-order valence-electron chi connectivity index (χ0n) is 38.2. The monoisotopic (exact) mass is 829 g/mol. The van der Waals surface area contributed by atoms with Crippen LogP contribution in [0.1, 0.15) is 172 Å². The molecule has 7 heteroatoms. The van der Waals surface area contributed by atoms with Gasteiger partial charge in [0.05, 0.1) is 33.0 Å². The largest absolute Gasteiger partial charge is 0.493 e. The van der Waals surface area contributed by atoms with Gasteiger partial charge in [-0.3, -0.25) is 0 Å². The SMILES string of the molecule is C=C(C)C(=O)OCCCc1cc(-c2ccc(C3CCC(C4CCC(CCCCC)CC4)CC3)cc2CC)cc(CCCOC(=O)C(=C)C)c1OCCC(CO)(CO)CCC. The number of ether oxygens (including phenoxy) is 3. The molecule has 2 aromatic carbocycles. The molecule has 7 nitrogen and oxygen atoms in total. The molecule has 2 aliphatic rings. The quantitative estimate of drug-likeness (QED) is 0.0553. The molecule has 0 heterocycles. The van der Waals surface area contributed by atoms with Gasteiger partial charge in [0.2, 0.25) is 0 Å². The molecule has 0 saturated heterocycles. The Kier molecular flexibility index (Phi) is 20.9. The third kappa shape index (κ3) is 14.6. The first-order valence-electron chi connectivity index (χ1n) is 23.8. The van der Waals surface area contributed by atoms with Crippen LogP contribution in [0, 0.1) is 23.2 Å². The average molecular weight is 829 g/mol. The van der Waals surface area contributed by atoms with E-state index < -0.39 is 17.4 Å². The fourth-order valence-corrected chi connectivity index (χ4v) is 9.96. The van der Waals surface area contributed by atoms with E-state index in [1.165, 1.54) is 93.7 Å². The summed E-state index contributed by atoms with van der Waals surface area (Å²) in [6.45, 7) is 18.0. The predicted molar refractivity (Wildman–Crippen MR) is 245 cm³/mol. The van der Waals surface area contributed by atoms with Gasteiger partial charge < -0.3 is 24.4 Å². The van der Waals surface area contributed by atoms with Crippen molar-refractivity contribution in [3.8, 4) is 16.9 Å². The fraction of sp³-hybridized carbons (Fsp3) is 0.660. The van der Waals surface area contributed by atoms with Crippen LogP contribution in [0.2, 0.25) is 0 Å². The topological polar surface area (TPSA) is 102 Å². The summed E-state index contributed by atoms with van der Waals surface area (Å²) in [4.78, 5) is 24.4. The lowest BCUT2D eigenvalue weighted by molar-refractivity contribution is -0.139. The minimum Gasteiger partial charge on any atom is -0.493 e. The molecule has 2 aromatic rings. The molecule has 4 rings (SSSR count).